The molecule has 4 heterocycles. The number of imidazole rings is 1. The van der Waals surface area contributed by atoms with E-state index in [1.165, 1.54) is 11.7 Å². The monoisotopic (exact) mass is 543 g/mol. The quantitative estimate of drug-likeness (QED) is 0.472. The maximum atomic E-state index is 14.3. The van der Waals surface area contributed by atoms with Crippen molar-refractivity contribution in [1.82, 2.24) is 29.4 Å². The number of aromatic nitrogens is 5. The molecule has 1 saturated heterocycles. The summed E-state index contributed by atoms with van der Waals surface area (Å²) < 4.78 is 46.1. The molecule has 0 unspecified atom stereocenters. The first kappa shape index (κ1) is 26.7. The molecule has 1 fully saturated rings. The number of ether oxygens (including phenoxy) is 3. The molecule has 0 N–H and O–H groups in total. The number of rotatable bonds is 5. The standard InChI is InChI=1S/C26H31F2N7O4/c1-26(2,3)39-25(36)34-10-8-16(9-11-34)21-30-23(33-12-14-38-15-13-33)32-24(31-21)35-17-6-5-7-18(37-4)19(17)29-22(35)20(27)28/h5-8,20H,9-15H2,1-4H3. The lowest BCUT2D eigenvalue weighted by molar-refractivity contribution is 0.0270. The molecule has 0 bridgehead atoms. The third-order valence-corrected chi connectivity index (χ3v) is 6.34. The highest BCUT2D eigenvalue weighted by Gasteiger charge is 2.28. The van der Waals surface area contributed by atoms with E-state index in [4.69, 9.17) is 19.2 Å². The van der Waals surface area contributed by atoms with Crippen LogP contribution in [0, 0.1) is 0 Å². The van der Waals surface area contributed by atoms with Crippen molar-refractivity contribution in [3.63, 3.8) is 0 Å². The van der Waals surface area contributed by atoms with Crippen LogP contribution in [-0.4, -0.2) is 87.6 Å². The van der Waals surface area contributed by atoms with Gasteiger partial charge in [0.1, 0.15) is 16.9 Å². The second kappa shape index (κ2) is 10.7. The summed E-state index contributed by atoms with van der Waals surface area (Å²) in [6.07, 6.45) is -0.960. The van der Waals surface area contributed by atoms with Crippen LogP contribution in [0.25, 0.3) is 22.6 Å². The molecule has 1 aromatic carbocycles. The third kappa shape index (κ3) is 5.63. The molecular weight excluding hydrogens is 512 g/mol. The van der Waals surface area contributed by atoms with E-state index in [0.29, 0.717) is 68.9 Å². The molecule has 3 aromatic rings. The van der Waals surface area contributed by atoms with E-state index < -0.39 is 23.9 Å². The SMILES string of the molecule is COc1cccc2c1nc(C(F)F)n2-c1nc(C2=CCN(C(=O)OC(C)(C)C)CC2)nc(N2CCOCC2)n1. The second-order valence-corrected chi connectivity index (χ2v) is 10.2. The van der Waals surface area contributed by atoms with E-state index in [9.17, 15) is 13.6 Å². The van der Waals surface area contributed by atoms with Gasteiger partial charge in [-0.15, -0.1) is 0 Å². The molecule has 11 nitrogen and oxygen atoms in total. The van der Waals surface area contributed by atoms with Crippen molar-refractivity contribution in [3.8, 4) is 11.7 Å². The minimum absolute atomic E-state index is 0.0306. The Hall–Kier alpha value is -3.87. The summed E-state index contributed by atoms with van der Waals surface area (Å²) in [7, 11) is 1.46. The van der Waals surface area contributed by atoms with E-state index in [0.717, 1.165) is 5.57 Å². The smallest absolute Gasteiger partial charge is 0.410 e. The molecule has 39 heavy (non-hydrogen) atoms. The number of carbonyl (C=O) groups excluding carboxylic acids is 1. The van der Waals surface area contributed by atoms with Gasteiger partial charge in [0.15, 0.2) is 11.6 Å². The van der Waals surface area contributed by atoms with Crippen molar-refractivity contribution in [1.29, 1.82) is 0 Å². The number of amides is 1. The molecule has 2 aliphatic rings. The van der Waals surface area contributed by atoms with E-state index in [1.54, 1.807) is 23.1 Å². The Bertz CT molecular complexity index is 1400. The number of carbonyl (C=O) groups is 1. The summed E-state index contributed by atoms with van der Waals surface area (Å²) >= 11 is 0. The number of alkyl halides is 2. The summed E-state index contributed by atoms with van der Waals surface area (Å²) in [5.74, 6) is 0.624. The van der Waals surface area contributed by atoms with Crippen molar-refractivity contribution in [2.24, 2.45) is 0 Å². The summed E-state index contributed by atoms with van der Waals surface area (Å²) in [6, 6.07) is 5.04. The fourth-order valence-corrected chi connectivity index (χ4v) is 4.48. The van der Waals surface area contributed by atoms with Crippen LogP contribution in [0.15, 0.2) is 24.3 Å². The lowest BCUT2D eigenvalue weighted by Gasteiger charge is -2.30. The van der Waals surface area contributed by atoms with Crippen molar-refractivity contribution in [3.05, 3.63) is 35.9 Å². The topological polar surface area (TPSA) is 108 Å². The Morgan fingerprint density at radius 1 is 1.05 bits per heavy atom. The lowest BCUT2D eigenvalue weighted by Crippen LogP contribution is -2.39. The maximum Gasteiger partial charge on any atom is 0.410 e. The largest absolute Gasteiger partial charge is 0.494 e. The number of benzene rings is 1. The number of halogens is 2. The highest BCUT2D eigenvalue weighted by atomic mass is 19.3. The van der Waals surface area contributed by atoms with Crippen molar-refractivity contribution < 1.29 is 27.8 Å². The molecule has 13 heteroatoms. The highest BCUT2D eigenvalue weighted by Crippen LogP contribution is 2.32. The van der Waals surface area contributed by atoms with Gasteiger partial charge in [-0.2, -0.15) is 15.0 Å². The molecule has 0 radical (unpaired) electrons. The average Bonchev–Trinajstić information content (AvgIpc) is 3.33. The van der Waals surface area contributed by atoms with Crippen LogP contribution in [0.2, 0.25) is 0 Å². The normalized spacial score (nSPS) is 16.5. The Morgan fingerprint density at radius 3 is 2.44 bits per heavy atom. The molecule has 5 rings (SSSR count). The lowest BCUT2D eigenvalue weighted by atomic mass is 10.1. The first-order valence-corrected chi connectivity index (χ1v) is 12.7. The minimum Gasteiger partial charge on any atom is -0.494 e. The third-order valence-electron chi connectivity index (χ3n) is 6.34. The van der Waals surface area contributed by atoms with E-state index >= 15 is 0 Å². The van der Waals surface area contributed by atoms with Gasteiger partial charge < -0.3 is 24.0 Å². The molecule has 1 amide bonds. The van der Waals surface area contributed by atoms with Gasteiger partial charge in [-0.3, -0.25) is 4.57 Å². The Balaban J connectivity index is 1.58. The van der Waals surface area contributed by atoms with E-state index in [-0.39, 0.29) is 11.5 Å². The number of methoxy groups -OCH3 is 1. The Labute approximate surface area is 224 Å². The van der Waals surface area contributed by atoms with Gasteiger partial charge in [-0.05, 0) is 44.9 Å². The highest BCUT2D eigenvalue weighted by molar-refractivity contribution is 5.84. The zero-order valence-electron chi connectivity index (χ0n) is 22.4. The van der Waals surface area contributed by atoms with Gasteiger partial charge in [0.2, 0.25) is 11.9 Å². The summed E-state index contributed by atoms with van der Waals surface area (Å²) in [5.41, 5.74) is 0.864. The van der Waals surface area contributed by atoms with Gasteiger partial charge in [0.05, 0.1) is 25.8 Å². The van der Waals surface area contributed by atoms with Crippen LogP contribution >= 0.6 is 0 Å². The first-order valence-electron chi connectivity index (χ1n) is 12.7. The number of fused-ring (bicyclic) bond motifs is 1. The number of para-hydroxylation sites is 1. The molecule has 2 aromatic heterocycles. The van der Waals surface area contributed by atoms with Crippen molar-refractivity contribution in [2.45, 2.75) is 39.2 Å². The molecule has 0 atom stereocenters. The van der Waals surface area contributed by atoms with Crippen LogP contribution in [0.3, 0.4) is 0 Å². The average molecular weight is 544 g/mol. The van der Waals surface area contributed by atoms with Crippen molar-refractivity contribution in [2.75, 3.05) is 51.4 Å². The molecule has 208 valence electrons. The predicted molar refractivity (Wildman–Crippen MR) is 139 cm³/mol. The Morgan fingerprint density at radius 2 is 1.79 bits per heavy atom. The number of hydrogen-bond donors (Lipinski definition) is 0. The summed E-state index contributed by atoms with van der Waals surface area (Å²) in [5, 5.41) is 0. The zero-order valence-corrected chi connectivity index (χ0v) is 22.4. The Kier molecular flexibility index (Phi) is 7.34. The van der Waals surface area contributed by atoms with Gasteiger partial charge in [0.25, 0.3) is 6.43 Å². The van der Waals surface area contributed by atoms with Crippen molar-refractivity contribution >= 4 is 28.6 Å². The maximum absolute atomic E-state index is 14.3. The second-order valence-electron chi connectivity index (χ2n) is 10.2. The van der Waals surface area contributed by atoms with Gasteiger partial charge in [-0.1, -0.05) is 12.1 Å². The number of nitrogens with zero attached hydrogens (tertiary/aromatic N) is 7. The number of anilines is 1. The van der Waals surface area contributed by atoms with E-state index in [1.807, 2.05) is 31.7 Å². The summed E-state index contributed by atoms with van der Waals surface area (Å²) in [4.78, 5) is 34.2. The molecular formula is C26H31F2N7O4. The molecule has 0 spiro atoms. The summed E-state index contributed by atoms with van der Waals surface area (Å²) in [6.45, 7) is 8.27. The van der Waals surface area contributed by atoms with Gasteiger partial charge >= 0.3 is 6.09 Å². The van der Waals surface area contributed by atoms with Crippen LogP contribution < -0.4 is 9.64 Å². The minimum atomic E-state index is -2.88. The molecule has 0 saturated carbocycles. The van der Waals surface area contributed by atoms with Gasteiger partial charge in [0, 0.05) is 26.2 Å². The molecule has 0 aliphatic carbocycles. The number of hydrogen-bond acceptors (Lipinski definition) is 9. The van der Waals surface area contributed by atoms with Crippen LogP contribution in [-0.2, 0) is 9.47 Å². The fraction of sp³-hybridized carbons (Fsp3) is 0.500. The fourth-order valence-electron chi connectivity index (χ4n) is 4.48. The van der Waals surface area contributed by atoms with Gasteiger partial charge in [-0.25, -0.2) is 18.6 Å². The van der Waals surface area contributed by atoms with Crippen LogP contribution in [0.5, 0.6) is 5.75 Å². The van der Waals surface area contributed by atoms with E-state index in [2.05, 4.69) is 15.0 Å². The first-order chi connectivity index (χ1) is 18.6. The van der Waals surface area contributed by atoms with Crippen LogP contribution in [0.4, 0.5) is 19.5 Å². The van der Waals surface area contributed by atoms with Crippen LogP contribution in [0.1, 0.15) is 45.3 Å². The zero-order chi connectivity index (χ0) is 27.7. The molecule has 2 aliphatic heterocycles. The predicted octanol–water partition coefficient (Wildman–Crippen LogP) is 4.02. The number of morpholine rings is 1.